The Morgan fingerprint density at radius 3 is 2.38 bits per heavy atom. The molecule has 2 aromatic carbocycles. The van der Waals surface area contributed by atoms with Crippen LogP contribution in [-0.2, 0) is 16.4 Å². The van der Waals surface area contributed by atoms with Crippen LogP contribution >= 0.6 is 0 Å². The van der Waals surface area contributed by atoms with Crippen LogP contribution in [0.25, 0.3) is 11.0 Å². The van der Waals surface area contributed by atoms with Crippen molar-refractivity contribution in [3.05, 3.63) is 76.1 Å². The molecule has 0 spiro atoms. The molecule has 8 heteroatoms. The van der Waals surface area contributed by atoms with Gasteiger partial charge in [0.1, 0.15) is 11.1 Å². The van der Waals surface area contributed by atoms with E-state index in [0.717, 1.165) is 31.2 Å². The van der Waals surface area contributed by atoms with Crippen molar-refractivity contribution >= 4 is 26.9 Å². The Morgan fingerprint density at radius 2 is 1.66 bits per heavy atom. The predicted octanol–water partition coefficient (Wildman–Crippen LogP) is 3.33. The molecule has 0 atom stereocenters. The first-order valence-corrected chi connectivity index (χ1v) is 12.3. The van der Waals surface area contributed by atoms with E-state index in [1.165, 1.54) is 6.07 Å². The van der Waals surface area contributed by atoms with E-state index in [1.807, 2.05) is 0 Å². The van der Waals surface area contributed by atoms with Gasteiger partial charge in [-0.15, -0.1) is 0 Å². The van der Waals surface area contributed by atoms with Crippen molar-refractivity contribution in [2.75, 3.05) is 19.6 Å². The minimum atomic E-state index is -3.48. The lowest BCUT2D eigenvalue weighted by atomic mass is 10.1. The van der Waals surface area contributed by atoms with Crippen molar-refractivity contribution in [1.29, 1.82) is 0 Å². The Hall–Kier alpha value is -2.97. The predicted molar refractivity (Wildman–Crippen MR) is 122 cm³/mol. The molecule has 4 rings (SSSR count). The van der Waals surface area contributed by atoms with Gasteiger partial charge in [-0.3, -0.25) is 4.79 Å². The van der Waals surface area contributed by atoms with Crippen molar-refractivity contribution in [3.63, 3.8) is 0 Å². The summed E-state index contributed by atoms with van der Waals surface area (Å²) in [5.74, 6) is -0.495. The number of amides is 1. The van der Waals surface area contributed by atoms with Crippen LogP contribution in [0, 0.1) is 0 Å². The molecule has 0 bridgehead atoms. The van der Waals surface area contributed by atoms with Gasteiger partial charge in [-0.2, -0.15) is 4.31 Å². The SMILES string of the molecule is O=C(NCCc1ccc(S(=O)(=O)N2CCCCCC2)cc1)c1cc2ccccc2oc1=O. The van der Waals surface area contributed by atoms with Crippen LogP contribution in [0.5, 0.6) is 0 Å². The van der Waals surface area contributed by atoms with Gasteiger partial charge in [0.2, 0.25) is 10.0 Å². The third kappa shape index (κ3) is 4.92. The summed E-state index contributed by atoms with van der Waals surface area (Å²) in [4.78, 5) is 24.8. The minimum absolute atomic E-state index is 0.0393. The van der Waals surface area contributed by atoms with Crippen molar-refractivity contribution in [2.45, 2.75) is 37.0 Å². The van der Waals surface area contributed by atoms with Crippen LogP contribution in [-0.4, -0.2) is 38.3 Å². The highest BCUT2D eigenvalue weighted by Crippen LogP contribution is 2.21. The normalized spacial score (nSPS) is 15.4. The fourth-order valence-corrected chi connectivity index (χ4v) is 5.41. The molecule has 3 aromatic rings. The Labute approximate surface area is 187 Å². The number of nitrogens with one attached hydrogen (secondary N) is 1. The number of rotatable bonds is 6. The third-order valence-corrected chi connectivity index (χ3v) is 7.62. The average Bonchev–Trinajstić information content (AvgIpc) is 3.09. The second kappa shape index (κ2) is 9.67. The number of carbonyl (C=O) groups excluding carboxylic acids is 1. The van der Waals surface area contributed by atoms with Gasteiger partial charge in [-0.1, -0.05) is 43.2 Å². The van der Waals surface area contributed by atoms with Gasteiger partial charge in [-0.25, -0.2) is 13.2 Å². The summed E-state index contributed by atoms with van der Waals surface area (Å²) in [6, 6.07) is 15.3. The molecule has 0 aliphatic carbocycles. The van der Waals surface area contributed by atoms with E-state index >= 15 is 0 Å². The average molecular weight is 455 g/mol. The van der Waals surface area contributed by atoms with Crippen LogP contribution in [0.15, 0.2) is 68.7 Å². The zero-order valence-electron chi connectivity index (χ0n) is 17.7. The van der Waals surface area contributed by atoms with Crippen molar-refractivity contribution in [2.24, 2.45) is 0 Å². The lowest BCUT2D eigenvalue weighted by molar-refractivity contribution is 0.0950. The maximum atomic E-state index is 12.9. The largest absolute Gasteiger partial charge is 0.422 e. The molecule has 0 unspecified atom stereocenters. The van der Waals surface area contributed by atoms with E-state index in [0.29, 0.717) is 41.9 Å². The number of fused-ring (bicyclic) bond motifs is 1. The Bertz CT molecular complexity index is 1260. The molecule has 1 aliphatic rings. The second-order valence-corrected chi connectivity index (χ2v) is 9.89. The summed E-state index contributed by atoms with van der Waals surface area (Å²) in [5, 5.41) is 3.41. The zero-order chi connectivity index (χ0) is 22.6. The number of benzene rings is 2. The second-order valence-electron chi connectivity index (χ2n) is 7.95. The van der Waals surface area contributed by atoms with Gasteiger partial charge in [0.25, 0.3) is 5.91 Å². The molecule has 32 heavy (non-hydrogen) atoms. The molecule has 1 N–H and O–H groups in total. The highest BCUT2D eigenvalue weighted by Gasteiger charge is 2.24. The minimum Gasteiger partial charge on any atom is -0.422 e. The van der Waals surface area contributed by atoms with Crippen LogP contribution in [0.2, 0.25) is 0 Å². The van der Waals surface area contributed by atoms with Gasteiger partial charge in [0.15, 0.2) is 0 Å². The van der Waals surface area contributed by atoms with E-state index in [-0.39, 0.29) is 5.56 Å². The molecule has 1 aliphatic heterocycles. The number of hydrogen-bond donors (Lipinski definition) is 1. The number of nitrogens with zero attached hydrogens (tertiary/aromatic N) is 1. The highest BCUT2D eigenvalue weighted by molar-refractivity contribution is 7.89. The lowest BCUT2D eigenvalue weighted by Gasteiger charge is -2.20. The molecule has 0 saturated carbocycles. The van der Waals surface area contributed by atoms with Gasteiger partial charge in [0.05, 0.1) is 4.90 Å². The molecular formula is C24H26N2O5S. The summed E-state index contributed by atoms with van der Waals surface area (Å²) in [6.45, 7) is 1.45. The van der Waals surface area contributed by atoms with Crippen LogP contribution in [0.3, 0.4) is 0 Å². The quantitative estimate of drug-likeness (QED) is 0.577. The van der Waals surface area contributed by atoms with Crippen molar-refractivity contribution in [1.82, 2.24) is 9.62 Å². The summed E-state index contributed by atoms with van der Waals surface area (Å²) in [5.41, 5.74) is 0.613. The molecule has 168 valence electrons. The van der Waals surface area contributed by atoms with E-state index in [1.54, 1.807) is 52.8 Å². The first kappa shape index (κ1) is 22.2. The Kier molecular flexibility index (Phi) is 6.72. The molecule has 1 aromatic heterocycles. The van der Waals surface area contributed by atoms with E-state index < -0.39 is 21.6 Å². The maximum absolute atomic E-state index is 12.9. The summed E-state index contributed by atoms with van der Waals surface area (Å²) < 4.78 is 32.5. The van der Waals surface area contributed by atoms with Crippen molar-refractivity contribution < 1.29 is 17.6 Å². The van der Waals surface area contributed by atoms with E-state index in [4.69, 9.17) is 4.42 Å². The molecule has 1 saturated heterocycles. The first-order valence-electron chi connectivity index (χ1n) is 10.9. The fourth-order valence-electron chi connectivity index (χ4n) is 3.90. The van der Waals surface area contributed by atoms with E-state index in [2.05, 4.69) is 5.32 Å². The maximum Gasteiger partial charge on any atom is 0.349 e. The monoisotopic (exact) mass is 454 g/mol. The molecule has 1 amide bonds. The smallest absolute Gasteiger partial charge is 0.349 e. The van der Waals surface area contributed by atoms with Gasteiger partial charge < -0.3 is 9.73 Å². The van der Waals surface area contributed by atoms with Crippen LogP contribution in [0.4, 0.5) is 0 Å². The summed E-state index contributed by atoms with van der Waals surface area (Å²) >= 11 is 0. The fraction of sp³-hybridized carbons (Fsp3) is 0.333. The Balaban J connectivity index is 1.37. The standard InChI is InChI=1S/C24H26N2O5S/c27-23(21-17-19-7-3-4-8-22(19)31-24(21)28)25-14-13-18-9-11-20(12-10-18)32(29,30)26-15-5-1-2-6-16-26/h3-4,7-12,17H,1-2,5-6,13-16H2,(H,25,27). The van der Waals surface area contributed by atoms with Gasteiger partial charge in [-0.05, 0) is 49.1 Å². The number of hydrogen-bond acceptors (Lipinski definition) is 5. The molecule has 7 nitrogen and oxygen atoms in total. The number of para-hydroxylation sites is 1. The van der Waals surface area contributed by atoms with Gasteiger partial charge >= 0.3 is 5.63 Å². The Morgan fingerprint density at radius 1 is 0.969 bits per heavy atom. The summed E-state index contributed by atoms with van der Waals surface area (Å²) in [7, 11) is -3.48. The molecule has 0 radical (unpaired) electrons. The van der Waals surface area contributed by atoms with Crippen LogP contribution < -0.4 is 10.9 Å². The molecule has 2 heterocycles. The van der Waals surface area contributed by atoms with E-state index in [9.17, 15) is 18.0 Å². The molecule has 1 fully saturated rings. The lowest BCUT2D eigenvalue weighted by Crippen LogP contribution is -2.32. The topological polar surface area (TPSA) is 96.7 Å². The van der Waals surface area contributed by atoms with Crippen LogP contribution in [0.1, 0.15) is 41.6 Å². The van der Waals surface area contributed by atoms with Crippen molar-refractivity contribution in [3.8, 4) is 0 Å². The molecular weight excluding hydrogens is 428 g/mol. The number of carbonyl (C=O) groups is 1. The number of sulfonamides is 1. The van der Waals surface area contributed by atoms with Gasteiger partial charge in [0, 0.05) is 25.0 Å². The third-order valence-electron chi connectivity index (χ3n) is 5.71. The highest BCUT2D eigenvalue weighted by atomic mass is 32.2. The zero-order valence-corrected chi connectivity index (χ0v) is 18.6. The first-order chi connectivity index (χ1) is 15.4. The summed E-state index contributed by atoms with van der Waals surface area (Å²) in [6.07, 6.45) is 4.43.